The highest BCUT2D eigenvalue weighted by Crippen LogP contribution is 2.43. The molecular weight excluding hydrogens is 276 g/mol. The van der Waals surface area contributed by atoms with Crippen molar-refractivity contribution in [2.24, 2.45) is 0 Å². The van der Waals surface area contributed by atoms with E-state index >= 15 is 0 Å². The van der Waals surface area contributed by atoms with E-state index in [9.17, 15) is 0 Å². The van der Waals surface area contributed by atoms with Crippen molar-refractivity contribution < 1.29 is 4.74 Å². The molecule has 0 heterocycles. The molecule has 0 radical (unpaired) electrons. The molecule has 0 aliphatic heterocycles. The van der Waals surface area contributed by atoms with E-state index in [-0.39, 0.29) is 5.41 Å². The second-order valence-corrected chi connectivity index (χ2v) is 6.55. The zero-order valence-corrected chi connectivity index (χ0v) is 12.7. The Morgan fingerprint density at radius 3 is 2.47 bits per heavy atom. The monoisotopic (exact) mass is 294 g/mol. The van der Waals surface area contributed by atoms with Crippen LogP contribution in [0.3, 0.4) is 0 Å². The first-order chi connectivity index (χ1) is 7.84. The van der Waals surface area contributed by atoms with E-state index < -0.39 is 0 Å². The zero-order valence-electron chi connectivity index (χ0n) is 11.1. The fourth-order valence-corrected chi connectivity index (χ4v) is 3.10. The van der Waals surface area contributed by atoms with Crippen LogP contribution in [0, 0.1) is 0 Å². The molecule has 1 aromatic rings. The Balaban J connectivity index is 2.68. The SMILES string of the molecule is COc1c(C(C)(C)C)cc2c(c1Br)C=C(C)C2. The minimum atomic E-state index is 0.0966. The second kappa shape index (κ2) is 4.16. The van der Waals surface area contributed by atoms with Gasteiger partial charge in [0.05, 0.1) is 11.6 Å². The maximum Gasteiger partial charge on any atom is 0.137 e. The largest absolute Gasteiger partial charge is 0.495 e. The summed E-state index contributed by atoms with van der Waals surface area (Å²) in [5.41, 5.74) is 5.47. The van der Waals surface area contributed by atoms with Gasteiger partial charge in [0, 0.05) is 5.56 Å². The predicted molar refractivity (Wildman–Crippen MR) is 76.7 cm³/mol. The number of hydrogen-bond acceptors (Lipinski definition) is 1. The van der Waals surface area contributed by atoms with E-state index in [1.165, 1.54) is 22.3 Å². The third-order valence-electron chi connectivity index (χ3n) is 3.22. The third kappa shape index (κ3) is 2.15. The summed E-state index contributed by atoms with van der Waals surface area (Å²) in [6.45, 7) is 8.84. The summed E-state index contributed by atoms with van der Waals surface area (Å²) < 4.78 is 6.68. The lowest BCUT2D eigenvalue weighted by Crippen LogP contribution is -2.14. The minimum absolute atomic E-state index is 0.0966. The fourth-order valence-electron chi connectivity index (χ4n) is 2.36. The molecule has 92 valence electrons. The molecule has 1 aromatic carbocycles. The van der Waals surface area contributed by atoms with Gasteiger partial charge in [-0.05, 0) is 45.8 Å². The van der Waals surface area contributed by atoms with Gasteiger partial charge in [-0.3, -0.25) is 0 Å². The van der Waals surface area contributed by atoms with Crippen LogP contribution in [0.15, 0.2) is 16.1 Å². The lowest BCUT2D eigenvalue weighted by Gasteiger charge is -2.24. The van der Waals surface area contributed by atoms with Crippen LogP contribution in [-0.4, -0.2) is 7.11 Å². The first-order valence-corrected chi connectivity index (χ1v) is 6.71. The van der Waals surface area contributed by atoms with Crippen molar-refractivity contribution in [1.29, 1.82) is 0 Å². The van der Waals surface area contributed by atoms with Gasteiger partial charge in [0.2, 0.25) is 0 Å². The Labute approximate surface area is 112 Å². The summed E-state index contributed by atoms with van der Waals surface area (Å²) in [7, 11) is 1.74. The van der Waals surface area contributed by atoms with Crippen LogP contribution in [-0.2, 0) is 11.8 Å². The zero-order chi connectivity index (χ0) is 12.8. The van der Waals surface area contributed by atoms with Gasteiger partial charge < -0.3 is 4.74 Å². The average Bonchev–Trinajstić information content (AvgIpc) is 2.57. The Morgan fingerprint density at radius 2 is 1.94 bits per heavy atom. The summed E-state index contributed by atoms with van der Waals surface area (Å²) in [5, 5.41) is 0. The van der Waals surface area contributed by atoms with E-state index in [2.05, 4.69) is 55.8 Å². The molecule has 0 saturated heterocycles. The standard InChI is InChI=1S/C15H19BrO/c1-9-6-10-8-12(15(2,3)4)14(17-5)13(16)11(10)7-9/h7-8H,6H2,1-5H3. The van der Waals surface area contributed by atoms with Crippen molar-refractivity contribution in [2.45, 2.75) is 39.5 Å². The number of benzene rings is 1. The fraction of sp³-hybridized carbons (Fsp3) is 0.467. The summed E-state index contributed by atoms with van der Waals surface area (Å²) in [6.07, 6.45) is 3.30. The normalized spacial score (nSPS) is 14.6. The first-order valence-electron chi connectivity index (χ1n) is 5.91. The lowest BCUT2D eigenvalue weighted by molar-refractivity contribution is 0.394. The molecule has 0 amide bonds. The number of fused-ring (bicyclic) bond motifs is 1. The van der Waals surface area contributed by atoms with Gasteiger partial charge in [0.25, 0.3) is 0 Å². The van der Waals surface area contributed by atoms with E-state index in [4.69, 9.17) is 4.74 Å². The highest BCUT2D eigenvalue weighted by atomic mass is 79.9. The number of ether oxygens (including phenoxy) is 1. The van der Waals surface area contributed by atoms with Crippen molar-refractivity contribution >= 4 is 22.0 Å². The van der Waals surface area contributed by atoms with Gasteiger partial charge in [-0.25, -0.2) is 0 Å². The molecule has 0 fully saturated rings. The maximum absolute atomic E-state index is 5.59. The molecule has 1 aliphatic rings. The van der Waals surface area contributed by atoms with E-state index in [0.29, 0.717) is 0 Å². The van der Waals surface area contributed by atoms with E-state index in [1.54, 1.807) is 7.11 Å². The summed E-state index contributed by atoms with van der Waals surface area (Å²) in [6, 6.07) is 2.30. The molecule has 2 rings (SSSR count). The Kier molecular flexibility index (Phi) is 3.11. The summed E-state index contributed by atoms with van der Waals surface area (Å²) in [4.78, 5) is 0. The molecule has 2 heteroatoms. The van der Waals surface area contributed by atoms with Crippen LogP contribution >= 0.6 is 15.9 Å². The smallest absolute Gasteiger partial charge is 0.137 e. The van der Waals surface area contributed by atoms with Crippen molar-refractivity contribution in [1.82, 2.24) is 0 Å². The van der Waals surface area contributed by atoms with Crippen LogP contribution in [0.4, 0.5) is 0 Å². The van der Waals surface area contributed by atoms with Gasteiger partial charge >= 0.3 is 0 Å². The van der Waals surface area contributed by atoms with Crippen LogP contribution in [0.2, 0.25) is 0 Å². The predicted octanol–water partition coefficient (Wildman–Crippen LogP) is 4.71. The maximum atomic E-state index is 5.59. The topological polar surface area (TPSA) is 9.23 Å². The minimum Gasteiger partial charge on any atom is -0.495 e. The molecule has 0 unspecified atom stereocenters. The van der Waals surface area contributed by atoms with Crippen molar-refractivity contribution in [3.63, 3.8) is 0 Å². The molecule has 0 saturated carbocycles. The number of halogens is 1. The van der Waals surface area contributed by atoms with Crippen molar-refractivity contribution in [3.05, 3.63) is 32.8 Å². The quantitative estimate of drug-likeness (QED) is 0.728. The molecule has 1 nitrogen and oxygen atoms in total. The molecule has 0 bridgehead atoms. The highest BCUT2D eigenvalue weighted by Gasteiger charge is 2.25. The van der Waals surface area contributed by atoms with Crippen LogP contribution < -0.4 is 4.74 Å². The molecule has 0 N–H and O–H groups in total. The molecular formula is C15H19BrO. The van der Waals surface area contributed by atoms with Crippen LogP contribution in [0.25, 0.3) is 6.08 Å². The molecule has 17 heavy (non-hydrogen) atoms. The lowest BCUT2D eigenvalue weighted by atomic mass is 9.84. The third-order valence-corrected chi connectivity index (χ3v) is 4.00. The number of allylic oxidation sites excluding steroid dienone is 1. The number of methoxy groups -OCH3 is 1. The van der Waals surface area contributed by atoms with Crippen LogP contribution in [0.1, 0.15) is 44.4 Å². The number of rotatable bonds is 1. The van der Waals surface area contributed by atoms with Crippen LogP contribution in [0.5, 0.6) is 5.75 Å². The van der Waals surface area contributed by atoms with E-state index in [0.717, 1.165) is 16.6 Å². The highest BCUT2D eigenvalue weighted by molar-refractivity contribution is 9.10. The summed E-state index contributed by atoms with van der Waals surface area (Å²) >= 11 is 3.69. The Hall–Kier alpha value is -0.760. The average molecular weight is 295 g/mol. The first kappa shape index (κ1) is 12.7. The Bertz CT molecular complexity index is 493. The molecule has 0 spiro atoms. The molecule has 0 aromatic heterocycles. The van der Waals surface area contributed by atoms with Gasteiger partial charge in [-0.2, -0.15) is 0 Å². The number of hydrogen-bond donors (Lipinski definition) is 0. The van der Waals surface area contributed by atoms with E-state index in [1.807, 2.05) is 0 Å². The second-order valence-electron chi connectivity index (χ2n) is 5.76. The molecule has 0 atom stereocenters. The van der Waals surface area contributed by atoms with Gasteiger partial charge in [-0.15, -0.1) is 0 Å². The van der Waals surface area contributed by atoms with Crippen molar-refractivity contribution in [2.75, 3.05) is 7.11 Å². The summed E-state index contributed by atoms with van der Waals surface area (Å²) in [5.74, 6) is 0.974. The van der Waals surface area contributed by atoms with Crippen molar-refractivity contribution in [3.8, 4) is 5.75 Å². The van der Waals surface area contributed by atoms with Gasteiger partial charge in [0.15, 0.2) is 0 Å². The van der Waals surface area contributed by atoms with Gasteiger partial charge in [0.1, 0.15) is 5.75 Å². The van der Waals surface area contributed by atoms with Gasteiger partial charge in [-0.1, -0.05) is 38.5 Å². The Morgan fingerprint density at radius 1 is 1.29 bits per heavy atom. The molecule has 1 aliphatic carbocycles.